The van der Waals surface area contributed by atoms with Crippen molar-refractivity contribution >= 4 is 40.0 Å². The Labute approximate surface area is 443 Å². The van der Waals surface area contributed by atoms with Crippen LogP contribution in [0.5, 0.6) is 0 Å². The summed E-state index contributed by atoms with van der Waals surface area (Å²) in [6, 6.07) is 15.4. The van der Waals surface area contributed by atoms with E-state index in [1.54, 1.807) is 37.3 Å². The van der Waals surface area contributed by atoms with Gasteiger partial charge in [-0.15, -0.1) is 0 Å². The Morgan fingerprint density at radius 2 is 1.12 bits per heavy atom. The van der Waals surface area contributed by atoms with Crippen LogP contribution in [0.3, 0.4) is 0 Å². The van der Waals surface area contributed by atoms with Crippen LogP contribution in [0.2, 0.25) is 0 Å². The zero-order chi connectivity index (χ0) is 53.6. The summed E-state index contributed by atoms with van der Waals surface area (Å²) in [5.74, 6) is 0.991. The minimum Gasteiger partial charge on any atom is -0.378 e. The van der Waals surface area contributed by atoms with Crippen molar-refractivity contribution in [1.82, 2.24) is 59.3 Å². The number of Topliss-reactive ketones (excluding diaryl/α,β-unsaturated/α-hetero) is 1. The lowest BCUT2D eigenvalue weighted by Gasteiger charge is -2.36. The molecule has 4 fully saturated rings. The van der Waals surface area contributed by atoms with Gasteiger partial charge in [0.2, 0.25) is 11.8 Å². The number of fused-ring (bicyclic) bond motifs is 2. The fourth-order valence-electron chi connectivity index (χ4n) is 9.39. The molecule has 1 N–H and O–H groups in total. The number of ketones is 1. The molecular weight excluding hydrogens is 987 g/mol. The molecule has 0 atom stereocenters. The largest absolute Gasteiger partial charge is 0.378 e. The van der Waals surface area contributed by atoms with E-state index < -0.39 is 11.6 Å². The Kier molecular flexibility index (Phi) is 16.1. The van der Waals surface area contributed by atoms with Gasteiger partial charge in [-0.05, 0) is 60.4 Å². The number of aromatic nitrogens is 10. The highest BCUT2D eigenvalue weighted by Gasteiger charge is 2.30. The zero-order valence-electron chi connectivity index (χ0n) is 43.5. The second kappa shape index (κ2) is 23.6. The van der Waals surface area contributed by atoms with Crippen molar-refractivity contribution in [3.63, 3.8) is 0 Å². The Bertz CT molecular complexity index is 3390. The first kappa shape index (κ1) is 52.6. The normalized spacial score (nSPS) is 16.4. The molecule has 2 amide bonds. The zero-order valence-corrected chi connectivity index (χ0v) is 43.5. The van der Waals surface area contributed by atoms with E-state index in [0.717, 1.165) is 77.8 Å². The van der Waals surface area contributed by atoms with Crippen LogP contribution in [0, 0.1) is 11.6 Å². The van der Waals surface area contributed by atoms with Gasteiger partial charge < -0.3 is 24.6 Å². The number of halogens is 2. The second-order valence-electron chi connectivity index (χ2n) is 19.9. The summed E-state index contributed by atoms with van der Waals surface area (Å²) in [6.45, 7) is 14.9. The SMILES string of the molecule is CC(C)c1cnn2ccc(-c3nc(Cc4ccc(N5CCN(C6COC6)CCC5=O)cn4)ncc3F)cc12.CC(C)c1cnn2ccc(-c3nc(Cc4ccc(N5CCNCCC5=O)cn4)ncc3F)cc12.O=C1COC1. The third-order valence-corrected chi connectivity index (χ3v) is 13.9. The van der Waals surface area contributed by atoms with Crippen LogP contribution in [0.4, 0.5) is 20.2 Å². The number of amides is 2. The van der Waals surface area contributed by atoms with E-state index in [1.165, 1.54) is 12.4 Å². The van der Waals surface area contributed by atoms with Crippen molar-refractivity contribution in [2.75, 3.05) is 75.5 Å². The van der Waals surface area contributed by atoms with Crippen molar-refractivity contribution in [2.45, 2.75) is 71.3 Å². The van der Waals surface area contributed by atoms with Crippen molar-refractivity contribution in [3.05, 3.63) is 144 Å². The first-order valence-electron chi connectivity index (χ1n) is 26.0. The maximum Gasteiger partial charge on any atom is 0.228 e. The fraction of sp³-hybridized carbons (Fsp3) is 0.375. The number of rotatable bonds is 11. The van der Waals surface area contributed by atoms with Crippen LogP contribution in [0.1, 0.15) is 86.5 Å². The summed E-state index contributed by atoms with van der Waals surface area (Å²) in [5.41, 5.74) is 8.95. The lowest BCUT2D eigenvalue weighted by atomic mass is 10.0. The van der Waals surface area contributed by atoms with Gasteiger partial charge in [0.25, 0.3) is 0 Å². The molecule has 398 valence electrons. The summed E-state index contributed by atoms with van der Waals surface area (Å²) in [4.78, 5) is 67.3. The van der Waals surface area contributed by atoms with Crippen molar-refractivity contribution < 1.29 is 32.6 Å². The molecule has 21 heteroatoms. The van der Waals surface area contributed by atoms with Crippen LogP contribution in [0.15, 0.2) is 98.1 Å². The first-order valence-corrected chi connectivity index (χ1v) is 26.0. The lowest BCUT2D eigenvalue weighted by molar-refractivity contribution is -0.140. The molecule has 4 saturated heterocycles. The van der Waals surface area contributed by atoms with Crippen molar-refractivity contribution in [3.8, 4) is 22.5 Å². The van der Waals surface area contributed by atoms with Gasteiger partial charge in [-0.3, -0.25) is 29.3 Å². The van der Waals surface area contributed by atoms with Crippen LogP contribution in [-0.2, 0) is 36.7 Å². The number of nitrogens with zero attached hydrogens (tertiary/aromatic N) is 13. The van der Waals surface area contributed by atoms with E-state index in [9.17, 15) is 23.2 Å². The average molecular weight is 1050 g/mol. The molecule has 8 aromatic rings. The van der Waals surface area contributed by atoms with Crippen molar-refractivity contribution in [2.24, 2.45) is 0 Å². The molecule has 77 heavy (non-hydrogen) atoms. The smallest absolute Gasteiger partial charge is 0.228 e. The van der Waals surface area contributed by atoms with Gasteiger partial charge in [0, 0.05) is 98.1 Å². The van der Waals surface area contributed by atoms with Gasteiger partial charge in [0.1, 0.15) is 36.3 Å². The van der Waals surface area contributed by atoms with Gasteiger partial charge >= 0.3 is 0 Å². The van der Waals surface area contributed by atoms with Gasteiger partial charge in [-0.1, -0.05) is 27.7 Å². The number of carbonyl (C=O) groups excluding carboxylic acids is 3. The molecule has 0 aromatic carbocycles. The topological polar surface area (TPSA) is 203 Å². The van der Waals surface area contributed by atoms with Gasteiger partial charge in [-0.2, -0.15) is 10.2 Å². The molecule has 4 aliphatic heterocycles. The van der Waals surface area contributed by atoms with Crippen molar-refractivity contribution in [1.29, 1.82) is 0 Å². The van der Waals surface area contributed by atoms with Crippen LogP contribution in [0.25, 0.3) is 33.5 Å². The summed E-state index contributed by atoms with van der Waals surface area (Å²) in [6.07, 6.45) is 14.8. The molecule has 0 spiro atoms. The number of pyridine rings is 4. The van der Waals surface area contributed by atoms with Gasteiger partial charge in [-0.25, -0.2) is 37.7 Å². The minimum absolute atomic E-state index is 0.0850. The first-order chi connectivity index (χ1) is 37.3. The molecule has 12 heterocycles. The number of anilines is 2. The number of nitrogens with one attached hydrogen (secondary N) is 1. The summed E-state index contributed by atoms with van der Waals surface area (Å²) >= 11 is 0. The molecule has 4 aliphatic rings. The van der Waals surface area contributed by atoms with Crippen LogP contribution in [-0.4, -0.2) is 143 Å². The van der Waals surface area contributed by atoms with E-state index in [-0.39, 0.29) is 29.0 Å². The molecular formula is C56H60F2N14O5. The minimum atomic E-state index is -0.478. The molecule has 0 radical (unpaired) electrons. The van der Waals surface area contributed by atoms with Crippen LogP contribution < -0.4 is 15.1 Å². The lowest BCUT2D eigenvalue weighted by Crippen LogP contribution is -2.50. The Balaban J connectivity index is 0.000000161. The number of carbonyl (C=O) groups is 3. The Hall–Kier alpha value is -7.85. The molecule has 19 nitrogen and oxygen atoms in total. The molecule has 0 bridgehead atoms. The van der Waals surface area contributed by atoms with E-state index in [1.807, 2.05) is 67.3 Å². The maximum absolute atomic E-state index is 14.8. The standard InChI is InChI=1S/C28H30FN7O2.C25H26FN7O.C3H4O2/c1-18(2)23-14-32-36-8-5-19(11-25(23)36)28-24(29)15-31-26(33-28)12-20-3-4-21(13-30-20)35-10-9-34(7-6-27(35)37)22-16-38-17-22;1-16(2)20-14-30-33-9-6-17(11-22(20)33)25-21(26)15-29-23(31-25)12-18-3-4-19(13-28-18)32-10-8-27-7-5-24(32)34;4-3-1-5-2-3/h3-5,8,11,13-15,18,22H,6-7,9-10,12,16-17H2,1-2H3;3-4,6,9,11,13-16,27H,5,7-8,10,12H2,1-2H3;1-2H2. The highest BCUT2D eigenvalue weighted by Crippen LogP contribution is 2.29. The number of hydrogen-bond donors (Lipinski definition) is 1. The number of hydrogen-bond acceptors (Lipinski definition) is 15. The molecule has 12 rings (SSSR count). The Morgan fingerprint density at radius 1 is 0.597 bits per heavy atom. The van der Waals surface area contributed by atoms with E-state index in [2.05, 4.69) is 82.7 Å². The van der Waals surface area contributed by atoms with E-state index >= 15 is 0 Å². The van der Waals surface area contributed by atoms with Crippen LogP contribution >= 0.6 is 0 Å². The molecule has 0 saturated carbocycles. The Morgan fingerprint density at radius 3 is 1.57 bits per heavy atom. The third-order valence-electron chi connectivity index (χ3n) is 13.9. The van der Waals surface area contributed by atoms with Gasteiger partial charge in [0.15, 0.2) is 17.4 Å². The monoisotopic (exact) mass is 1050 g/mol. The van der Waals surface area contributed by atoms with E-state index in [0.29, 0.717) is 99.2 Å². The summed E-state index contributed by atoms with van der Waals surface area (Å²) in [7, 11) is 0. The molecule has 0 aliphatic carbocycles. The van der Waals surface area contributed by atoms with E-state index in [4.69, 9.17) is 4.74 Å². The van der Waals surface area contributed by atoms with Gasteiger partial charge in [0.05, 0.1) is 91.7 Å². The summed E-state index contributed by atoms with van der Waals surface area (Å²) < 4.78 is 42.9. The molecule has 0 unspecified atom stereocenters. The predicted molar refractivity (Wildman–Crippen MR) is 283 cm³/mol. The average Bonchev–Trinajstić information content (AvgIpc) is 3.95. The summed E-state index contributed by atoms with van der Waals surface area (Å²) in [5, 5.41) is 12.0. The maximum atomic E-state index is 14.8. The molecule has 8 aromatic heterocycles. The third kappa shape index (κ3) is 12.2. The highest BCUT2D eigenvalue weighted by molar-refractivity contribution is 5.94. The quantitative estimate of drug-likeness (QED) is 0.148. The highest BCUT2D eigenvalue weighted by atomic mass is 19.1. The second-order valence-corrected chi connectivity index (χ2v) is 19.9. The predicted octanol–water partition coefficient (Wildman–Crippen LogP) is 6.43. The fourth-order valence-corrected chi connectivity index (χ4v) is 9.39. The number of ether oxygens (including phenoxy) is 2.